The lowest BCUT2D eigenvalue weighted by Gasteiger charge is -2.09. The quantitative estimate of drug-likeness (QED) is 0.560. The first-order chi connectivity index (χ1) is 13.0. The van der Waals surface area contributed by atoms with Crippen molar-refractivity contribution in [1.82, 2.24) is 5.32 Å². The molecule has 3 amide bonds. The molecule has 0 saturated heterocycles. The van der Waals surface area contributed by atoms with Crippen LogP contribution in [0.4, 0.5) is 10.5 Å². The number of hydrogen-bond donors (Lipinski definition) is 2. The lowest BCUT2D eigenvalue weighted by Crippen LogP contribution is -2.37. The van der Waals surface area contributed by atoms with E-state index in [0.29, 0.717) is 10.6 Å². The number of esters is 1. The number of hydrogen-bond acceptors (Lipinski definition) is 6. The van der Waals surface area contributed by atoms with Crippen molar-refractivity contribution < 1.29 is 23.9 Å². The number of urea groups is 1. The number of thioether (sulfide) groups is 1. The minimum Gasteiger partial charge on any atom is -0.452 e. The Morgan fingerprint density at radius 3 is 2.33 bits per heavy atom. The van der Waals surface area contributed by atoms with E-state index in [1.807, 2.05) is 0 Å². The van der Waals surface area contributed by atoms with E-state index in [1.54, 1.807) is 54.6 Å². The van der Waals surface area contributed by atoms with Crippen LogP contribution < -0.4 is 10.6 Å². The fraction of sp³-hybridized carbons (Fsp3) is 0.158. The van der Waals surface area contributed by atoms with Gasteiger partial charge in [-0.2, -0.15) is 0 Å². The summed E-state index contributed by atoms with van der Waals surface area (Å²) >= 11 is 1.21. The number of benzene rings is 2. The molecule has 0 bridgehead atoms. The normalized spacial score (nSPS) is 9.96. The maximum absolute atomic E-state index is 12.2. The number of anilines is 1. The van der Waals surface area contributed by atoms with Gasteiger partial charge >= 0.3 is 12.0 Å². The third-order valence-electron chi connectivity index (χ3n) is 3.16. The number of ketones is 1. The van der Waals surface area contributed by atoms with Crippen LogP contribution in [0.2, 0.25) is 0 Å². The minimum absolute atomic E-state index is 0.0213. The number of amides is 3. The second-order valence-electron chi connectivity index (χ2n) is 5.43. The molecular formula is C19H18N2O5S. The number of carbonyl (C=O) groups is 4. The molecule has 2 aromatic rings. The number of rotatable bonds is 7. The van der Waals surface area contributed by atoms with E-state index in [2.05, 4.69) is 10.6 Å². The van der Waals surface area contributed by atoms with Gasteiger partial charge in [-0.3, -0.25) is 14.9 Å². The Morgan fingerprint density at radius 2 is 1.63 bits per heavy atom. The van der Waals surface area contributed by atoms with E-state index >= 15 is 0 Å². The molecule has 0 aliphatic heterocycles. The van der Waals surface area contributed by atoms with Crippen molar-refractivity contribution in [2.75, 3.05) is 17.7 Å². The van der Waals surface area contributed by atoms with E-state index in [-0.39, 0.29) is 17.1 Å². The lowest BCUT2D eigenvalue weighted by atomic mass is 10.2. The van der Waals surface area contributed by atoms with E-state index in [1.165, 1.54) is 18.7 Å². The Balaban J connectivity index is 1.85. The average molecular weight is 386 g/mol. The van der Waals surface area contributed by atoms with Gasteiger partial charge in [0.05, 0.1) is 11.3 Å². The fourth-order valence-corrected chi connectivity index (χ4v) is 2.84. The summed E-state index contributed by atoms with van der Waals surface area (Å²) in [7, 11) is 0. The Bertz CT molecular complexity index is 839. The van der Waals surface area contributed by atoms with Crippen LogP contribution in [0.15, 0.2) is 59.5 Å². The molecule has 2 rings (SSSR count). The summed E-state index contributed by atoms with van der Waals surface area (Å²) in [5.41, 5.74) is 0.779. The molecule has 27 heavy (non-hydrogen) atoms. The number of imide groups is 1. The first-order valence-corrected chi connectivity index (χ1v) is 8.98. The average Bonchev–Trinajstić information content (AvgIpc) is 2.65. The van der Waals surface area contributed by atoms with Crippen molar-refractivity contribution in [3.05, 3.63) is 60.2 Å². The maximum atomic E-state index is 12.2. The summed E-state index contributed by atoms with van der Waals surface area (Å²) < 4.78 is 4.96. The molecule has 0 unspecified atom stereocenters. The van der Waals surface area contributed by atoms with Gasteiger partial charge in [-0.05, 0) is 31.2 Å². The van der Waals surface area contributed by atoms with Crippen molar-refractivity contribution in [1.29, 1.82) is 0 Å². The molecule has 8 heteroatoms. The molecule has 0 radical (unpaired) electrons. The SMILES string of the molecule is CC(=O)CSc1ccccc1C(=O)OCC(=O)NC(=O)Nc1ccccc1. The predicted octanol–water partition coefficient (Wildman–Crippen LogP) is 2.87. The molecule has 0 spiro atoms. The zero-order valence-corrected chi connectivity index (χ0v) is 15.4. The number of ether oxygens (including phenoxy) is 1. The van der Waals surface area contributed by atoms with Gasteiger partial charge in [-0.1, -0.05) is 30.3 Å². The van der Waals surface area contributed by atoms with Crippen LogP contribution in [0.1, 0.15) is 17.3 Å². The highest BCUT2D eigenvalue weighted by molar-refractivity contribution is 8.00. The highest BCUT2D eigenvalue weighted by atomic mass is 32.2. The molecule has 2 aromatic carbocycles. The first kappa shape index (κ1) is 20.2. The number of Topliss-reactive ketones (excluding diaryl/α,β-unsaturated/α-hetero) is 1. The Morgan fingerprint density at radius 1 is 0.963 bits per heavy atom. The molecular weight excluding hydrogens is 368 g/mol. The highest BCUT2D eigenvalue weighted by Gasteiger charge is 2.16. The van der Waals surface area contributed by atoms with Gasteiger partial charge in [-0.25, -0.2) is 9.59 Å². The summed E-state index contributed by atoms with van der Waals surface area (Å²) in [6, 6.07) is 14.5. The molecule has 0 saturated carbocycles. The molecule has 0 aliphatic rings. The first-order valence-electron chi connectivity index (χ1n) is 8.00. The third-order valence-corrected chi connectivity index (χ3v) is 4.37. The summed E-state index contributed by atoms with van der Waals surface area (Å²) in [6.45, 7) is 0.853. The number of nitrogens with one attached hydrogen (secondary N) is 2. The van der Waals surface area contributed by atoms with Crippen LogP contribution in [-0.2, 0) is 14.3 Å². The molecule has 140 valence electrons. The second-order valence-corrected chi connectivity index (χ2v) is 6.45. The monoisotopic (exact) mass is 386 g/mol. The van der Waals surface area contributed by atoms with Gasteiger partial charge in [0.25, 0.3) is 5.91 Å². The van der Waals surface area contributed by atoms with E-state index in [0.717, 1.165) is 0 Å². The molecule has 0 heterocycles. The van der Waals surface area contributed by atoms with Crippen LogP contribution in [0, 0.1) is 0 Å². The van der Waals surface area contributed by atoms with Gasteiger partial charge in [0.2, 0.25) is 0 Å². The van der Waals surface area contributed by atoms with Gasteiger partial charge in [0, 0.05) is 10.6 Å². The van der Waals surface area contributed by atoms with E-state index in [4.69, 9.17) is 4.74 Å². The van der Waals surface area contributed by atoms with Crippen molar-refractivity contribution >= 4 is 41.1 Å². The van der Waals surface area contributed by atoms with Crippen molar-refractivity contribution in [3.63, 3.8) is 0 Å². The Kier molecular flexibility index (Phi) is 7.57. The second kappa shape index (κ2) is 10.1. The van der Waals surface area contributed by atoms with Crippen LogP contribution in [0.25, 0.3) is 0 Å². The molecule has 0 atom stereocenters. The van der Waals surface area contributed by atoms with Crippen molar-refractivity contribution in [2.24, 2.45) is 0 Å². The largest absolute Gasteiger partial charge is 0.452 e. The zero-order chi connectivity index (χ0) is 19.6. The fourth-order valence-electron chi connectivity index (χ4n) is 2.00. The van der Waals surface area contributed by atoms with Gasteiger partial charge in [-0.15, -0.1) is 11.8 Å². The van der Waals surface area contributed by atoms with Crippen LogP contribution in [0.3, 0.4) is 0 Å². The van der Waals surface area contributed by atoms with Crippen LogP contribution in [0.5, 0.6) is 0 Å². The Hall–Kier alpha value is -3.13. The molecule has 0 aliphatic carbocycles. The summed E-state index contributed by atoms with van der Waals surface area (Å²) in [4.78, 5) is 47.4. The summed E-state index contributed by atoms with van der Waals surface area (Å²) in [5.74, 6) is -1.26. The van der Waals surface area contributed by atoms with Gasteiger partial charge < -0.3 is 10.1 Å². The van der Waals surface area contributed by atoms with Gasteiger partial charge in [0.15, 0.2) is 6.61 Å². The Labute approximate surface area is 160 Å². The van der Waals surface area contributed by atoms with Gasteiger partial charge in [0.1, 0.15) is 5.78 Å². The molecule has 2 N–H and O–H groups in total. The van der Waals surface area contributed by atoms with Crippen molar-refractivity contribution in [2.45, 2.75) is 11.8 Å². The highest BCUT2D eigenvalue weighted by Crippen LogP contribution is 2.23. The standard InChI is InChI=1S/C19H18N2O5S/c1-13(22)12-27-16-10-6-5-9-15(16)18(24)26-11-17(23)21-19(25)20-14-7-3-2-4-8-14/h2-10H,11-12H2,1H3,(H2,20,21,23,25). The topological polar surface area (TPSA) is 102 Å². The predicted molar refractivity (Wildman–Crippen MR) is 102 cm³/mol. The van der Waals surface area contributed by atoms with E-state index in [9.17, 15) is 19.2 Å². The van der Waals surface area contributed by atoms with Crippen LogP contribution in [-0.4, -0.2) is 36.1 Å². The maximum Gasteiger partial charge on any atom is 0.339 e. The molecule has 0 fully saturated rings. The molecule has 7 nitrogen and oxygen atoms in total. The van der Waals surface area contributed by atoms with E-state index < -0.39 is 24.5 Å². The molecule has 0 aromatic heterocycles. The minimum atomic E-state index is -0.759. The smallest absolute Gasteiger partial charge is 0.339 e. The summed E-state index contributed by atoms with van der Waals surface area (Å²) in [6.07, 6.45) is 0. The number of para-hydroxylation sites is 1. The lowest BCUT2D eigenvalue weighted by molar-refractivity contribution is -0.123. The van der Waals surface area contributed by atoms with Crippen molar-refractivity contribution in [3.8, 4) is 0 Å². The third kappa shape index (κ3) is 6.95. The number of carbonyl (C=O) groups excluding carboxylic acids is 4. The summed E-state index contributed by atoms with van der Waals surface area (Å²) in [5, 5.41) is 4.56. The zero-order valence-electron chi connectivity index (χ0n) is 14.6. The van der Waals surface area contributed by atoms with Crippen LogP contribution >= 0.6 is 11.8 Å².